The van der Waals surface area contributed by atoms with Gasteiger partial charge in [-0.05, 0) is 25.5 Å². The van der Waals surface area contributed by atoms with E-state index in [-0.39, 0.29) is 29.6 Å². The number of aromatic nitrogens is 2. The number of carbonyl (C=O) groups excluding carboxylic acids is 2. The lowest BCUT2D eigenvalue weighted by Gasteiger charge is -2.07. The summed E-state index contributed by atoms with van der Waals surface area (Å²) in [5, 5.41) is 11.7. The van der Waals surface area contributed by atoms with Crippen LogP contribution < -0.4 is 10.0 Å². The van der Waals surface area contributed by atoms with E-state index in [0.29, 0.717) is 10.7 Å². The lowest BCUT2D eigenvalue weighted by Crippen LogP contribution is -2.27. The molecule has 0 aliphatic heterocycles. The van der Waals surface area contributed by atoms with Crippen molar-refractivity contribution in [2.75, 3.05) is 11.9 Å². The van der Waals surface area contributed by atoms with Crippen LogP contribution in [-0.2, 0) is 21.2 Å². The van der Waals surface area contributed by atoms with Gasteiger partial charge in [0.25, 0.3) is 0 Å². The van der Waals surface area contributed by atoms with Crippen LogP contribution in [0.4, 0.5) is 5.13 Å². The van der Waals surface area contributed by atoms with Crippen LogP contribution in [0.3, 0.4) is 0 Å². The van der Waals surface area contributed by atoms with Crippen molar-refractivity contribution in [3.8, 4) is 0 Å². The predicted molar refractivity (Wildman–Crippen MR) is 98.8 cm³/mol. The van der Waals surface area contributed by atoms with Crippen molar-refractivity contribution in [3.05, 3.63) is 34.8 Å². The molecule has 1 amide bonds. The summed E-state index contributed by atoms with van der Waals surface area (Å²) in [5.41, 5.74) is 0.433. The lowest BCUT2D eigenvalue weighted by atomic mass is 10.2. The molecule has 0 atom stereocenters. The molecule has 2 aromatic rings. The molecule has 10 heteroatoms. The van der Waals surface area contributed by atoms with E-state index in [2.05, 4.69) is 20.2 Å². The van der Waals surface area contributed by atoms with Crippen molar-refractivity contribution >= 4 is 38.2 Å². The van der Waals surface area contributed by atoms with E-state index >= 15 is 0 Å². The highest BCUT2D eigenvalue weighted by molar-refractivity contribution is 7.89. The van der Waals surface area contributed by atoms with Crippen LogP contribution in [0.25, 0.3) is 0 Å². The summed E-state index contributed by atoms with van der Waals surface area (Å²) >= 11 is 1.30. The number of anilines is 1. The number of carbonyl (C=O) groups is 2. The normalized spacial score (nSPS) is 11.3. The Hall–Kier alpha value is -2.17. The second-order valence-electron chi connectivity index (χ2n) is 5.53. The predicted octanol–water partition coefficient (Wildman–Crippen LogP) is 2.00. The van der Waals surface area contributed by atoms with Crippen LogP contribution in [0, 0.1) is 0 Å². The van der Waals surface area contributed by atoms with Crippen LogP contribution in [0.15, 0.2) is 29.2 Å². The first-order valence-corrected chi connectivity index (χ1v) is 10.3. The molecule has 0 fully saturated rings. The molecule has 0 unspecified atom stereocenters. The number of hydrogen-bond donors (Lipinski definition) is 2. The van der Waals surface area contributed by atoms with Crippen LogP contribution in [-0.4, -0.2) is 36.9 Å². The number of nitrogens with zero attached hydrogens (tertiary/aromatic N) is 2. The summed E-state index contributed by atoms with van der Waals surface area (Å²) in [4.78, 5) is 23.1. The quantitative estimate of drug-likeness (QED) is 0.626. The molecule has 1 heterocycles. The van der Waals surface area contributed by atoms with Gasteiger partial charge in [0.2, 0.25) is 21.1 Å². The summed E-state index contributed by atoms with van der Waals surface area (Å²) in [6.07, 6.45) is 1.71. The Morgan fingerprint density at radius 1 is 1.15 bits per heavy atom. The van der Waals surface area contributed by atoms with Crippen LogP contribution in [0.5, 0.6) is 0 Å². The smallest absolute Gasteiger partial charge is 0.240 e. The topological polar surface area (TPSA) is 118 Å². The molecule has 0 aliphatic carbocycles. The maximum absolute atomic E-state index is 12.2. The standard InChI is InChI=1S/C16H20N4O4S2/c1-3-4-15-19-20-16(25-15)18-14(22)9-10-17-26(23,24)13-7-5-12(6-8-13)11(2)21/h5-8,17H,3-4,9-10H2,1-2H3,(H,18,20,22). The van der Waals surface area contributed by atoms with E-state index in [4.69, 9.17) is 0 Å². The molecule has 2 rings (SSSR count). The lowest BCUT2D eigenvalue weighted by molar-refractivity contribution is -0.116. The largest absolute Gasteiger partial charge is 0.300 e. The zero-order valence-electron chi connectivity index (χ0n) is 14.5. The Balaban J connectivity index is 1.85. The van der Waals surface area contributed by atoms with E-state index in [9.17, 15) is 18.0 Å². The number of benzene rings is 1. The van der Waals surface area contributed by atoms with Crippen molar-refractivity contribution in [2.24, 2.45) is 0 Å². The molecule has 0 bridgehead atoms. The Morgan fingerprint density at radius 3 is 2.46 bits per heavy atom. The zero-order chi connectivity index (χ0) is 19.2. The van der Waals surface area contributed by atoms with E-state index in [0.717, 1.165) is 17.8 Å². The monoisotopic (exact) mass is 396 g/mol. The summed E-state index contributed by atoms with van der Waals surface area (Å²) < 4.78 is 26.7. The number of hydrogen-bond acceptors (Lipinski definition) is 7. The summed E-state index contributed by atoms with van der Waals surface area (Å²) in [7, 11) is -3.74. The third-order valence-corrected chi connectivity index (χ3v) is 5.77. The minimum atomic E-state index is -3.74. The highest BCUT2D eigenvalue weighted by atomic mass is 32.2. The average molecular weight is 396 g/mol. The molecule has 1 aromatic heterocycles. The molecule has 0 aliphatic rings. The number of nitrogens with one attached hydrogen (secondary N) is 2. The highest BCUT2D eigenvalue weighted by Crippen LogP contribution is 2.16. The number of sulfonamides is 1. The van der Waals surface area contributed by atoms with Crippen LogP contribution in [0.2, 0.25) is 0 Å². The molecular formula is C16H20N4O4S2. The summed E-state index contributed by atoms with van der Waals surface area (Å²) in [5.74, 6) is -0.490. The third kappa shape index (κ3) is 5.68. The van der Waals surface area contributed by atoms with Crippen molar-refractivity contribution in [2.45, 2.75) is 38.0 Å². The van der Waals surface area contributed by atoms with Crippen LogP contribution in [0.1, 0.15) is 42.1 Å². The fourth-order valence-corrected chi connectivity index (χ4v) is 3.94. The molecule has 1 aromatic carbocycles. The van der Waals surface area contributed by atoms with Crippen LogP contribution >= 0.6 is 11.3 Å². The molecule has 140 valence electrons. The van der Waals surface area contributed by atoms with E-state index < -0.39 is 10.0 Å². The van der Waals surface area contributed by atoms with Gasteiger partial charge in [-0.2, -0.15) is 0 Å². The molecule has 0 saturated carbocycles. The van der Waals surface area contributed by atoms with Gasteiger partial charge in [-0.1, -0.05) is 30.4 Å². The number of amides is 1. The highest BCUT2D eigenvalue weighted by Gasteiger charge is 2.15. The Labute approximate surface area is 156 Å². The first-order valence-electron chi connectivity index (χ1n) is 8.04. The Bertz CT molecular complexity index is 876. The van der Waals surface area contributed by atoms with Gasteiger partial charge < -0.3 is 5.32 Å². The van der Waals surface area contributed by atoms with Gasteiger partial charge in [-0.15, -0.1) is 10.2 Å². The van der Waals surface area contributed by atoms with E-state index in [1.165, 1.54) is 42.5 Å². The maximum Gasteiger partial charge on any atom is 0.240 e. The van der Waals surface area contributed by atoms with Gasteiger partial charge in [-0.3, -0.25) is 9.59 Å². The van der Waals surface area contributed by atoms with Crippen molar-refractivity contribution in [1.82, 2.24) is 14.9 Å². The van der Waals surface area contributed by atoms with Crippen molar-refractivity contribution in [1.29, 1.82) is 0 Å². The van der Waals surface area contributed by atoms with Gasteiger partial charge in [0.05, 0.1) is 4.90 Å². The first kappa shape index (κ1) is 20.1. The number of Topliss-reactive ketones (excluding diaryl/α,β-unsaturated/α-hetero) is 1. The molecule has 8 nitrogen and oxygen atoms in total. The molecule has 0 radical (unpaired) electrons. The molecule has 2 N–H and O–H groups in total. The third-order valence-electron chi connectivity index (χ3n) is 3.39. The maximum atomic E-state index is 12.2. The van der Waals surface area contributed by atoms with E-state index in [1.54, 1.807) is 0 Å². The summed E-state index contributed by atoms with van der Waals surface area (Å²) in [6.45, 7) is 3.38. The average Bonchev–Trinajstić information content (AvgIpc) is 3.02. The SMILES string of the molecule is CCCc1nnc(NC(=O)CCNS(=O)(=O)c2ccc(C(C)=O)cc2)s1. The fraction of sp³-hybridized carbons (Fsp3) is 0.375. The van der Waals surface area contributed by atoms with Gasteiger partial charge >= 0.3 is 0 Å². The first-order chi connectivity index (χ1) is 12.3. The Morgan fingerprint density at radius 2 is 1.85 bits per heavy atom. The number of ketones is 1. The van der Waals surface area contributed by atoms with Gasteiger partial charge in [-0.25, -0.2) is 13.1 Å². The molecule has 26 heavy (non-hydrogen) atoms. The van der Waals surface area contributed by atoms with Crippen molar-refractivity contribution < 1.29 is 18.0 Å². The second kappa shape index (κ2) is 8.97. The van der Waals surface area contributed by atoms with Crippen molar-refractivity contribution in [3.63, 3.8) is 0 Å². The summed E-state index contributed by atoms with van der Waals surface area (Å²) in [6, 6.07) is 5.62. The van der Waals surface area contributed by atoms with E-state index in [1.807, 2.05) is 6.92 Å². The minimum absolute atomic E-state index is 0.0343. The molecule has 0 spiro atoms. The van der Waals surface area contributed by atoms with Gasteiger partial charge in [0.15, 0.2) is 5.78 Å². The second-order valence-corrected chi connectivity index (χ2v) is 8.36. The minimum Gasteiger partial charge on any atom is -0.300 e. The molecular weight excluding hydrogens is 376 g/mol. The zero-order valence-corrected chi connectivity index (χ0v) is 16.1. The fourth-order valence-electron chi connectivity index (χ4n) is 2.05. The number of rotatable bonds is 9. The van der Waals surface area contributed by atoms with Gasteiger partial charge in [0, 0.05) is 24.9 Å². The number of aryl methyl sites for hydroxylation is 1. The molecule has 0 saturated heterocycles. The van der Waals surface area contributed by atoms with Gasteiger partial charge in [0.1, 0.15) is 5.01 Å². The Kier molecular flexibility index (Phi) is 6.95.